The molecule has 0 aromatic heterocycles. The lowest BCUT2D eigenvalue weighted by atomic mass is 10.2. The van der Waals surface area contributed by atoms with Crippen LogP contribution in [0.25, 0.3) is 0 Å². The van der Waals surface area contributed by atoms with E-state index in [9.17, 15) is 30.0 Å². The molecule has 0 unspecified atom stereocenters. The van der Waals surface area contributed by atoms with E-state index in [1.807, 2.05) is 6.07 Å². The summed E-state index contributed by atoms with van der Waals surface area (Å²) in [6, 6.07) is 11.3. The van der Waals surface area contributed by atoms with E-state index in [2.05, 4.69) is 4.74 Å². The maximum atomic E-state index is 12.8. The predicted octanol–water partition coefficient (Wildman–Crippen LogP) is 2.15. The molecule has 0 spiro atoms. The van der Waals surface area contributed by atoms with Crippen LogP contribution in [0.3, 0.4) is 0 Å². The molecule has 1 aliphatic heterocycles. The Kier molecular flexibility index (Phi) is 6.28. The predicted molar refractivity (Wildman–Crippen MR) is 102 cm³/mol. The number of alkyl halides is 3. The molecule has 0 atom stereocenters. The summed E-state index contributed by atoms with van der Waals surface area (Å²) in [6.45, 7) is -0.596. The van der Waals surface area contributed by atoms with E-state index in [0.717, 1.165) is 32.9 Å². The topological polar surface area (TPSA) is 108 Å². The number of piperazine rings is 1. The number of sulfonamides is 2. The fraction of sp³-hybridized carbons (Fsp3) is 0.278. The minimum absolute atomic E-state index is 0.0151. The summed E-state index contributed by atoms with van der Waals surface area (Å²) in [7, 11) is -8.04. The van der Waals surface area contributed by atoms with E-state index in [4.69, 9.17) is 5.26 Å². The normalized spacial score (nSPS) is 16.6. The second kappa shape index (κ2) is 8.46. The molecule has 3 rings (SSSR count). The highest BCUT2D eigenvalue weighted by Gasteiger charge is 2.35. The van der Waals surface area contributed by atoms with Crippen molar-refractivity contribution < 1.29 is 34.7 Å². The van der Waals surface area contributed by atoms with Crippen LogP contribution in [-0.4, -0.2) is 58.0 Å². The molecule has 2 aromatic rings. The fourth-order valence-corrected chi connectivity index (χ4v) is 6.02. The van der Waals surface area contributed by atoms with E-state index in [1.54, 1.807) is 0 Å². The van der Waals surface area contributed by atoms with Gasteiger partial charge in [-0.05, 0) is 36.4 Å². The van der Waals surface area contributed by atoms with Crippen LogP contribution in [0.5, 0.6) is 5.75 Å². The largest absolute Gasteiger partial charge is 0.573 e. The Morgan fingerprint density at radius 3 is 1.87 bits per heavy atom. The Morgan fingerprint density at radius 1 is 0.839 bits per heavy atom. The number of nitriles is 1. The lowest BCUT2D eigenvalue weighted by molar-refractivity contribution is -0.274. The van der Waals surface area contributed by atoms with Gasteiger partial charge in [-0.25, -0.2) is 16.8 Å². The highest BCUT2D eigenvalue weighted by atomic mass is 32.2. The second-order valence-electron chi connectivity index (χ2n) is 6.44. The molecule has 1 heterocycles. The third-order valence-electron chi connectivity index (χ3n) is 4.52. The molecule has 13 heteroatoms. The molecule has 1 saturated heterocycles. The number of hydrogen-bond acceptors (Lipinski definition) is 6. The molecule has 0 N–H and O–H groups in total. The first-order valence-corrected chi connectivity index (χ1v) is 11.7. The van der Waals surface area contributed by atoms with Gasteiger partial charge in [-0.2, -0.15) is 13.9 Å². The third kappa shape index (κ3) is 4.99. The lowest BCUT2D eigenvalue weighted by Crippen LogP contribution is -2.50. The Bertz CT molecular complexity index is 1200. The zero-order valence-electron chi connectivity index (χ0n) is 15.8. The van der Waals surface area contributed by atoms with Crippen LogP contribution in [0, 0.1) is 11.3 Å². The van der Waals surface area contributed by atoms with Gasteiger partial charge in [-0.15, -0.1) is 13.2 Å². The first kappa shape index (κ1) is 23.0. The van der Waals surface area contributed by atoms with Gasteiger partial charge >= 0.3 is 6.36 Å². The summed E-state index contributed by atoms with van der Waals surface area (Å²) in [4.78, 5) is -0.401. The van der Waals surface area contributed by atoms with Crippen LogP contribution in [0.4, 0.5) is 13.2 Å². The van der Waals surface area contributed by atoms with Gasteiger partial charge in [0.15, 0.2) is 0 Å². The maximum Gasteiger partial charge on any atom is 0.573 e. The van der Waals surface area contributed by atoms with Gasteiger partial charge in [0.25, 0.3) is 0 Å². The Morgan fingerprint density at radius 2 is 1.35 bits per heavy atom. The van der Waals surface area contributed by atoms with Crippen molar-refractivity contribution in [2.45, 2.75) is 16.2 Å². The van der Waals surface area contributed by atoms with Crippen molar-refractivity contribution in [2.75, 3.05) is 26.2 Å². The number of nitrogens with zero attached hydrogens (tertiary/aromatic N) is 3. The van der Waals surface area contributed by atoms with E-state index in [-0.39, 0.29) is 41.5 Å². The van der Waals surface area contributed by atoms with E-state index >= 15 is 0 Å². The Hall–Kier alpha value is -2.66. The molecule has 0 radical (unpaired) electrons. The van der Waals surface area contributed by atoms with E-state index < -0.39 is 32.2 Å². The third-order valence-corrected chi connectivity index (χ3v) is 8.39. The van der Waals surface area contributed by atoms with Crippen LogP contribution in [0.15, 0.2) is 58.3 Å². The first-order valence-electron chi connectivity index (χ1n) is 8.80. The van der Waals surface area contributed by atoms with Crippen molar-refractivity contribution in [3.8, 4) is 11.8 Å². The van der Waals surface area contributed by atoms with Crippen molar-refractivity contribution in [2.24, 2.45) is 0 Å². The van der Waals surface area contributed by atoms with E-state index in [1.165, 1.54) is 24.3 Å². The SMILES string of the molecule is N#Cc1ccccc1S(=O)(=O)N1CCN(S(=O)(=O)c2ccc(OC(F)(F)F)cc2)CC1. The van der Waals surface area contributed by atoms with Gasteiger partial charge in [-0.1, -0.05) is 12.1 Å². The average molecular weight is 475 g/mol. The second-order valence-corrected chi connectivity index (χ2v) is 10.3. The average Bonchev–Trinajstić information content (AvgIpc) is 2.73. The van der Waals surface area contributed by atoms with Crippen molar-refractivity contribution in [3.63, 3.8) is 0 Å². The lowest BCUT2D eigenvalue weighted by Gasteiger charge is -2.33. The van der Waals surface area contributed by atoms with Gasteiger partial charge < -0.3 is 4.74 Å². The van der Waals surface area contributed by atoms with Gasteiger partial charge in [0, 0.05) is 26.2 Å². The molecular formula is C18H16F3N3O5S2. The van der Waals surface area contributed by atoms with Crippen molar-refractivity contribution in [1.29, 1.82) is 5.26 Å². The summed E-state index contributed by atoms with van der Waals surface area (Å²) in [6.07, 6.45) is -4.90. The molecule has 166 valence electrons. The highest BCUT2D eigenvalue weighted by Crippen LogP contribution is 2.27. The summed E-state index contributed by atoms with van der Waals surface area (Å²) in [5.41, 5.74) is -0.0151. The van der Waals surface area contributed by atoms with Crippen molar-refractivity contribution >= 4 is 20.0 Å². The number of hydrogen-bond donors (Lipinski definition) is 0. The quantitative estimate of drug-likeness (QED) is 0.656. The molecule has 1 aliphatic rings. The van der Waals surface area contributed by atoms with Gasteiger partial charge in [-0.3, -0.25) is 0 Å². The molecule has 0 bridgehead atoms. The maximum absolute atomic E-state index is 12.8. The first-order chi connectivity index (χ1) is 14.4. The number of benzene rings is 2. The number of halogens is 3. The van der Waals surface area contributed by atoms with Crippen molar-refractivity contribution in [1.82, 2.24) is 8.61 Å². The standard InChI is InChI=1S/C18H16F3N3O5S2/c19-18(20,21)29-15-5-7-16(8-6-15)30(25,26)23-9-11-24(12-10-23)31(27,28)17-4-2-1-3-14(17)13-22/h1-8H,9-12H2. The summed E-state index contributed by atoms with van der Waals surface area (Å²) >= 11 is 0. The fourth-order valence-electron chi connectivity index (χ4n) is 3.04. The van der Waals surface area contributed by atoms with Crippen LogP contribution in [0.1, 0.15) is 5.56 Å². The van der Waals surface area contributed by atoms with Crippen LogP contribution >= 0.6 is 0 Å². The van der Waals surface area contributed by atoms with Crippen LogP contribution in [-0.2, 0) is 20.0 Å². The number of ether oxygens (including phenoxy) is 1. The van der Waals surface area contributed by atoms with Gasteiger partial charge in [0.2, 0.25) is 20.0 Å². The Balaban J connectivity index is 1.73. The molecule has 1 fully saturated rings. The van der Waals surface area contributed by atoms with Crippen LogP contribution in [0.2, 0.25) is 0 Å². The summed E-state index contributed by atoms with van der Waals surface area (Å²) < 4.78 is 93.8. The molecule has 31 heavy (non-hydrogen) atoms. The smallest absolute Gasteiger partial charge is 0.406 e. The molecule has 0 amide bonds. The molecule has 0 aliphatic carbocycles. The van der Waals surface area contributed by atoms with E-state index in [0.29, 0.717) is 0 Å². The minimum atomic E-state index is -4.90. The summed E-state index contributed by atoms with van der Waals surface area (Å²) in [5, 5.41) is 9.15. The molecule has 0 saturated carbocycles. The molecular weight excluding hydrogens is 459 g/mol. The van der Waals surface area contributed by atoms with Crippen molar-refractivity contribution in [3.05, 3.63) is 54.1 Å². The highest BCUT2D eigenvalue weighted by molar-refractivity contribution is 7.89. The van der Waals surface area contributed by atoms with Crippen LogP contribution < -0.4 is 4.74 Å². The van der Waals surface area contributed by atoms with Gasteiger partial charge in [0.1, 0.15) is 11.8 Å². The number of rotatable bonds is 5. The monoisotopic (exact) mass is 475 g/mol. The zero-order valence-corrected chi connectivity index (χ0v) is 17.4. The summed E-state index contributed by atoms with van der Waals surface area (Å²) in [5.74, 6) is -0.557. The zero-order chi connectivity index (χ0) is 22.9. The molecule has 2 aromatic carbocycles. The van der Waals surface area contributed by atoms with Gasteiger partial charge in [0.05, 0.1) is 15.4 Å². The molecule has 8 nitrogen and oxygen atoms in total. The Labute approximate surface area is 177 Å². The minimum Gasteiger partial charge on any atom is -0.406 e.